The van der Waals surface area contributed by atoms with Crippen LogP contribution < -0.4 is 5.32 Å². The number of hydrogen-bond donors (Lipinski definition) is 1. The fourth-order valence-electron chi connectivity index (χ4n) is 3.94. The van der Waals surface area contributed by atoms with Crippen LogP contribution in [-0.4, -0.2) is 6.54 Å². The first-order chi connectivity index (χ1) is 10.3. The van der Waals surface area contributed by atoms with Gasteiger partial charge in [0.15, 0.2) is 0 Å². The van der Waals surface area contributed by atoms with Crippen LogP contribution in [0.2, 0.25) is 0 Å². The van der Waals surface area contributed by atoms with Crippen LogP contribution in [-0.2, 0) is 0 Å². The molecule has 1 heteroatoms. The zero-order chi connectivity index (χ0) is 14.2. The summed E-state index contributed by atoms with van der Waals surface area (Å²) in [5.41, 5.74) is 4.53. The molecule has 0 saturated heterocycles. The van der Waals surface area contributed by atoms with E-state index in [-0.39, 0.29) is 0 Å². The molecule has 1 aliphatic heterocycles. The van der Waals surface area contributed by atoms with Crippen LogP contribution in [0.1, 0.15) is 48.4 Å². The zero-order valence-corrected chi connectivity index (χ0v) is 12.6. The van der Waals surface area contributed by atoms with Crippen LogP contribution in [0.3, 0.4) is 0 Å². The van der Waals surface area contributed by atoms with Crippen LogP contribution in [0.25, 0.3) is 0 Å². The van der Waals surface area contributed by atoms with Crippen LogP contribution in [0.4, 0.5) is 0 Å². The van der Waals surface area contributed by atoms with E-state index in [9.17, 15) is 0 Å². The van der Waals surface area contributed by atoms with E-state index in [0.29, 0.717) is 17.9 Å². The van der Waals surface area contributed by atoms with E-state index >= 15 is 0 Å². The molecular formula is C20H23N. The Bertz CT molecular complexity index is 615. The van der Waals surface area contributed by atoms with Gasteiger partial charge in [-0.2, -0.15) is 0 Å². The number of rotatable bonds is 2. The highest BCUT2D eigenvalue weighted by molar-refractivity contribution is 5.42. The Morgan fingerprint density at radius 2 is 1.52 bits per heavy atom. The molecule has 108 valence electrons. The van der Waals surface area contributed by atoms with Gasteiger partial charge in [-0.15, -0.1) is 0 Å². The topological polar surface area (TPSA) is 12.0 Å². The Balaban J connectivity index is 1.83. The maximum atomic E-state index is 3.85. The van der Waals surface area contributed by atoms with E-state index in [4.69, 9.17) is 0 Å². The SMILES string of the molecule is CC1CNC(C2CC2)c2ccccc2C1c1ccccc1. The highest BCUT2D eigenvalue weighted by Gasteiger charge is 2.37. The van der Waals surface area contributed by atoms with Crippen LogP contribution in [0.5, 0.6) is 0 Å². The average molecular weight is 277 g/mol. The van der Waals surface area contributed by atoms with Gasteiger partial charge in [0.1, 0.15) is 0 Å². The third-order valence-electron chi connectivity index (χ3n) is 5.15. The van der Waals surface area contributed by atoms with Gasteiger partial charge < -0.3 is 5.32 Å². The van der Waals surface area contributed by atoms with Gasteiger partial charge in [-0.05, 0) is 47.9 Å². The lowest BCUT2D eigenvalue weighted by Crippen LogP contribution is -2.26. The predicted molar refractivity (Wildman–Crippen MR) is 87.4 cm³/mol. The lowest BCUT2D eigenvalue weighted by Gasteiger charge is -2.24. The second-order valence-electron chi connectivity index (χ2n) is 6.72. The predicted octanol–water partition coefficient (Wildman–Crippen LogP) is 4.51. The third-order valence-corrected chi connectivity index (χ3v) is 5.15. The fourth-order valence-corrected chi connectivity index (χ4v) is 3.94. The standard InChI is InChI=1S/C20H23N/c1-14-13-21-20(16-11-12-16)18-10-6-5-9-17(18)19(14)15-7-3-2-4-8-15/h2-10,14,16,19-21H,11-13H2,1H3. The highest BCUT2D eigenvalue weighted by atomic mass is 14.9. The molecule has 1 fully saturated rings. The molecule has 3 atom stereocenters. The molecule has 2 aromatic carbocycles. The van der Waals surface area contributed by atoms with E-state index in [1.165, 1.54) is 24.0 Å². The molecule has 2 aliphatic rings. The van der Waals surface area contributed by atoms with E-state index < -0.39 is 0 Å². The molecular weight excluding hydrogens is 254 g/mol. The van der Waals surface area contributed by atoms with Crippen LogP contribution in [0.15, 0.2) is 54.6 Å². The molecule has 0 bridgehead atoms. The summed E-state index contributed by atoms with van der Waals surface area (Å²) in [5.74, 6) is 1.99. The maximum Gasteiger partial charge on any atom is 0.0351 e. The van der Waals surface area contributed by atoms with Crippen LogP contribution >= 0.6 is 0 Å². The van der Waals surface area contributed by atoms with Crippen molar-refractivity contribution < 1.29 is 0 Å². The number of hydrogen-bond acceptors (Lipinski definition) is 1. The second kappa shape index (κ2) is 5.31. The van der Waals surface area contributed by atoms with Crippen molar-refractivity contribution in [2.75, 3.05) is 6.54 Å². The Morgan fingerprint density at radius 1 is 0.857 bits per heavy atom. The molecule has 1 aliphatic carbocycles. The van der Waals surface area contributed by atoms with Crippen molar-refractivity contribution in [3.05, 3.63) is 71.3 Å². The maximum absolute atomic E-state index is 3.85. The lowest BCUT2D eigenvalue weighted by molar-refractivity contribution is 0.428. The summed E-state index contributed by atoms with van der Waals surface area (Å²) >= 11 is 0. The summed E-state index contributed by atoms with van der Waals surface area (Å²) in [4.78, 5) is 0. The third kappa shape index (κ3) is 2.40. The number of benzene rings is 2. The van der Waals surface area contributed by atoms with Gasteiger partial charge in [-0.1, -0.05) is 61.5 Å². The largest absolute Gasteiger partial charge is 0.309 e. The Morgan fingerprint density at radius 3 is 2.24 bits per heavy atom. The molecule has 2 aromatic rings. The molecule has 1 N–H and O–H groups in total. The molecule has 0 spiro atoms. The van der Waals surface area contributed by atoms with Crippen molar-refractivity contribution in [1.82, 2.24) is 5.32 Å². The normalized spacial score (nSPS) is 28.7. The van der Waals surface area contributed by atoms with E-state index in [1.54, 1.807) is 5.56 Å². The Kier molecular flexibility index (Phi) is 3.31. The first-order valence-corrected chi connectivity index (χ1v) is 8.22. The summed E-state index contributed by atoms with van der Waals surface area (Å²) in [7, 11) is 0. The second-order valence-corrected chi connectivity index (χ2v) is 6.72. The van der Waals surface area contributed by atoms with E-state index in [2.05, 4.69) is 66.8 Å². The smallest absolute Gasteiger partial charge is 0.0351 e. The van der Waals surface area contributed by atoms with Gasteiger partial charge in [0.2, 0.25) is 0 Å². The lowest BCUT2D eigenvalue weighted by atomic mass is 9.80. The van der Waals surface area contributed by atoms with Gasteiger partial charge in [0.05, 0.1) is 0 Å². The minimum atomic E-state index is 0.513. The van der Waals surface area contributed by atoms with Gasteiger partial charge in [-0.3, -0.25) is 0 Å². The summed E-state index contributed by atoms with van der Waals surface area (Å²) in [6, 6.07) is 20.7. The number of fused-ring (bicyclic) bond motifs is 1. The Hall–Kier alpha value is -1.60. The van der Waals surface area contributed by atoms with E-state index in [1.807, 2.05) is 0 Å². The summed E-state index contributed by atoms with van der Waals surface area (Å²) in [6.45, 7) is 3.49. The van der Waals surface area contributed by atoms with Crippen molar-refractivity contribution >= 4 is 0 Å². The van der Waals surface area contributed by atoms with Gasteiger partial charge in [0, 0.05) is 12.0 Å². The monoisotopic (exact) mass is 277 g/mol. The molecule has 3 unspecified atom stereocenters. The molecule has 0 aromatic heterocycles. The Labute approximate surface area is 127 Å². The van der Waals surface area contributed by atoms with Gasteiger partial charge >= 0.3 is 0 Å². The van der Waals surface area contributed by atoms with E-state index in [0.717, 1.165) is 12.5 Å². The molecule has 1 saturated carbocycles. The van der Waals surface area contributed by atoms with Crippen molar-refractivity contribution in [2.45, 2.75) is 31.7 Å². The summed E-state index contributed by atoms with van der Waals surface area (Å²) in [5, 5.41) is 3.85. The molecule has 21 heavy (non-hydrogen) atoms. The minimum Gasteiger partial charge on any atom is -0.309 e. The minimum absolute atomic E-state index is 0.513. The number of nitrogens with one attached hydrogen (secondary N) is 1. The van der Waals surface area contributed by atoms with Crippen LogP contribution in [0, 0.1) is 11.8 Å². The van der Waals surface area contributed by atoms with Gasteiger partial charge in [0.25, 0.3) is 0 Å². The highest BCUT2D eigenvalue weighted by Crippen LogP contribution is 2.46. The molecule has 1 heterocycles. The first kappa shape index (κ1) is 13.1. The average Bonchev–Trinajstić information content (AvgIpc) is 3.35. The molecule has 0 amide bonds. The molecule has 1 nitrogen and oxygen atoms in total. The van der Waals surface area contributed by atoms with Crippen molar-refractivity contribution in [3.8, 4) is 0 Å². The fraction of sp³-hybridized carbons (Fsp3) is 0.400. The van der Waals surface area contributed by atoms with Crippen molar-refractivity contribution in [1.29, 1.82) is 0 Å². The quantitative estimate of drug-likeness (QED) is 0.851. The van der Waals surface area contributed by atoms with Crippen molar-refractivity contribution in [3.63, 3.8) is 0 Å². The molecule has 0 radical (unpaired) electrons. The van der Waals surface area contributed by atoms with Crippen molar-refractivity contribution in [2.24, 2.45) is 11.8 Å². The summed E-state index contributed by atoms with van der Waals surface area (Å²) < 4.78 is 0. The first-order valence-electron chi connectivity index (χ1n) is 8.22. The van der Waals surface area contributed by atoms with Gasteiger partial charge in [-0.25, -0.2) is 0 Å². The zero-order valence-electron chi connectivity index (χ0n) is 12.6. The summed E-state index contributed by atoms with van der Waals surface area (Å²) in [6.07, 6.45) is 2.77. The molecule has 4 rings (SSSR count).